The lowest BCUT2D eigenvalue weighted by Crippen LogP contribution is -1.96. The third-order valence-corrected chi connectivity index (χ3v) is 3.48. The smallest absolute Gasteiger partial charge is 0.154 e. The van der Waals surface area contributed by atoms with Crippen LogP contribution in [-0.2, 0) is 12.8 Å². The number of rotatable bonds is 6. The molecule has 2 aromatic rings. The lowest BCUT2D eigenvalue weighted by atomic mass is 9.99. The van der Waals surface area contributed by atoms with Crippen LogP contribution in [0.2, 0.25) is 0 Å². The van der Waals surface area contributed by atoms with Gasteiger partial charge in [0.1, 0.15) is 11.5 Å². The summed E-state index contributed by atoms with van der Waals surface area (Å²) >= 11 is 0. The minimum Gasteiger partial charge on any atom is -0.507 e. The maximum atomic E-state index is 10.9. The van der Waals surface area contributed by atoms with Crippen molar-refractivity contribution < 1.29 is 14.6 Å². The van der Waals surface area contributed by atoms with Crippen molar-refractivity contribution in [3.63, 3.8) is 0 Å². The molecule has 2 rings (SSSR count). The van der Waals surface area contributed by atoms with E-state index in [4.69, 9.17) is 4.74 Å². The first-order valence-electron chi connectivity index (χ1n) is 7.13. The van der Waals surface area contributed by atoms with Gasteiger partial charge < -0.3 is 9.84 Å². The largest absolute Gasteiger partial charge is 0.507 e. The quantitative estimate of drug-likeness (QED) is 0.823. The van der Waals surface area contributed by atoms with Crippen LogP contribution in [0.25, 0.3) is 0 Å². The number of hydrogen-bond acceptors (Lipinski definition) is 3. The average Bonchev–Trinajstić information content (AvgIpc) is 2.47. The van der Waals surface area contributed by atoms with Crippen molar-refractivity contribution >= 4 is 6.29 Å². The first kappa shape index (κ1) is 15.1. The molecule has 21 heavy (non-hydrogen) atoms. The fraction of sp³-hybridized carbons (Fsp3) is 0.278. The second-order valence-electron chi connectivity index (χ2n) is 5.04. The Balaban J connectivity index is 2.04. The molecule has 3 nitrogen and oxygen atoms in total. The molecular formula is C18H20O3. The molecule has 0 unspecified atom stereocenters. The van der Waals surface area contributed by atoms with E-state index in [9.17, 15) is 9.90 Å². The van der Waals surface area contributed by atoms with E-state index in [2.05, 4.69) is 12.1 Å². The molecule has 0 aromatic heterocycles. The van der Waals surface area contributed by atoms with Crippen LogP contribution in [0.15, 0.2) is 36.4 Å². The number of carbonyl (C=O) groups is 1. The van der Waals surface area contributed by atoms with Gasteiger partial charge in [-0.2, -0.15) is 0 Å². The summed E-state index contributed by atoms with van der Waals surface area (Å²) in [4.78, 5) is 10.9. The predicted molar refractivity (Wildman–Crippen MR) is 83.3 cm³/mol. The highest BCUT2D eigenvalue weighted by molar-refractivity contribution is 5.81. The van der Waals surface area contributed by atoms with Crippen LogP contribution in [0.4, 0.5) is 0 Å². The molecule has 3 heteroatoms. The lowest BCUT2D eigenvalue weighted by molar-refractivity contribution is 0.112. The van der Waals surface area contributed by atoms with Gasteiger partial charge in [-0.3, -0.25) is 4.79 Å². The minimum atomic E-state index is 0.0618. The molecule has 0 fully saturated rings. The number of hydrogen-bond donors (Lipinski definition) is 1. The zero-order valence-corrected chi connectivity index (χ0v) is 12.4. The van der Waals surface area contributed by atoms with Gasteiger partial charge in [0.25, 0.3) is 0 Å². The number of phenolic OH excluding ortho intramolecular Hbond substituents is 1. The van der Waals surface area contributed by atoms with Crippen LogP contribution >= 0.6 is 0 Å². The predicted octanol–water partition coefficient (Wildman–Crippen LogP) is 3.70. The van der Waals surface area contributed by atoms with Gasteiger partial charge in [0.15, 0.2) is 6.29 Å². The van der Waals surface area contributed by atoms with E-state index < -0.39 is 0 Å². The molecule has 0 aliphatic heterocycles. The third kappa shape index (κ3) is 3.85. The monoisotopic (exact) mass is 284 g/mol. The van der Waals surface area contributed by atoms with Crippen molar-refractivity contribution in [2.24, 2.45) is 0 Å². The van der Waals surface area contributed by atoms with Crippen molar-refractivity contribution in [2.45, 2.75) is 26.7 Å². The molecule has 0 atom stereocenters. The maximum Gasteiger partial charge on any atom is 0.154 e. The molecule has 0 saturated heterocycles. The van der Waals surface area contributed by atoms with Crippen LogP contribution in [0, 0.1) is 6.92 Å². The SMILES string of the molecule is CCOc1ccc(CCc2cc(C)c(C=O)c(O)c2)cc1. The number of aromatic hydroxyl groups is 1. The molecular weight excluding hydrogens is 264 g/mol. The zero-order chi connectivity index (χ0) is 15.2. The number of aldehydes is 1. The van der Waals surface area contributed by atoms with E-state index in [0.717, 1.165) is 29.7 Å². The summed E-state index contributed by atoms with van der Waals surface area (Å²) in [5.74, 6) is 0.941. The molecule has 0 aliphatic rings. The summed E-state index contributed by atoms with van der Waals surface area (Å²) in [5.41, 5.74) is 3.44. The molecule has 0 amide bonds. The average molecular weight is 284 g/mol. The highest BCUT2D eigenvalue weighted by Crippen LogP contribution is 2.22. The summed E-state index contributed by atoms with van der Waals surface area (Å²) in [6, 6.07) is 11.7. The Morgan fingerprint density at radius 2 is 1.76 bits per heavy atom. The summed E-state index contributed by atoms with van der Waals surface area (Å²) in [6.45, 7) is 4.47. The summed E-state index contributed by atoms with van der Waals surface area (Å²) < 4.78 is 5.41. The Labute approximate surface area is 125 Å². The zero-order valence-electron chi connectivity index (χ0n) is 12.4. The second-order valence-corrected chi connectivity index (χ2v) is 5.04. The number of benzene rings is 2. The van der Waals surface area contributed by atoms with Crippen molar-refractivity contribution in [2.75, 3.05) is 6.61 Å². The fourth-order valence-corrected chi connectivity index (χ4v) is 2.36. The third-order valence-electron chi connectivity index (χ3n) is 3.48. The molecule has 0 aliphatic carbocycles. The van der Waals surface area contributed by atoms with E-state index in [1.54, 1.807) is 6.07 Å². The van der Waals surface area contributed by atoms with Crippen molar-refractivity contribution in [3.05, 3.63) is 58.7 Å². The molecule has 2 aromatic carbocycles. The van der Waals surface area contributed by atoms with Crippen LogP contribution in [-0.4, -0.2) is 18.0 Å². The van der Waals surface area contributed by atoms with Gasteiger partial charge in [-0.25, -0.2) is 0 Å². The van der Waals surface area contributed by atoms with Crippen LogP contribution in [0.1, 0.15) is 34.0 Å². The number of carbonyl (C=O) groups excluding carboxylic acids is 1. The topological polar surface area (TPSA) is 46.5 Å². The Morgan fingerprint density at radius 3 is 2.33 bits per heavy atom. The first-order chi connectivity index (χ1) is 10.1. The lowest BCUT2D eigenvalue weighted by Gasteiger charge is -2.08. The highest BCUT2D eigenvalue weighted by atomic mass is 16.5. The fourth-order valence-electron chi connectivity index (χ4n) is 2.36. The van der Waals surface area contributed by atoms with Gasteiger partial charge in [-0.15, -0.1) is 0 Å². The Hall–Kier alpha value is -2.29. The number of aryl methyl sites for hydroxylation is 3. The molecule has 0 spiro atoms. The van der Waals surface area contributed by atoms with Crippen LogP contribution in [0.3, 0.4) is 0 Å². The first-order valence-corrected chi connectivity index (χ1v) is 7.13. The maximum absolute atomic E-state index is 10.9. The number of phenols is 1. The van der Waals surface area contributed by atoms with Gasteiger partial charge >= 0.3 is 0 Å². The van der Waals surface area contributed by atoms with Crippen LogP contribution in [0.5, 0.6) is 11.5 Å². The van der Waals surface area contributed by atoms with Gasteiger partial charge in [-0.1, -0.05) is 18.2 Å². The molecule has 0 saturated carbocycles. The molecule has 0 bridgehead atoms. The van der Waals surface area contributed by atoms with Gasteiger partial charge in [0.05, 0.1) is 12.2 Å². The number of ether oxygens (including phenoxy) is 1. The van der Waals surface area contributed by atoms with E-state index in [0.29, 0.717) is 18.5 Å². The van der Waals surface area contributed by atoms with Gasteiger partial charge in [0.2, 0.25) is 0 Å². The highest BCUT2D eigenvalue weighted by Gasteiger charge is 2.06. The Kier molecular flexibility index (Phi) is 4.99. The molecule has 0 radical (unpaired) electrons. The summed E-state index contributed by atoms with van der Waals surface area (Å²) in [6.07, 6.45) is 2.40. The standard InChI is InChI=1S/C18H20O3/c1-3-21-16-8-6-14(7-9-16)4-5-15-10-13(2)17(12-19)18(20)11-15/h6-12,20H,3-5H2,1-2H3. The molecule has 1 N–H and O–H groups in total. The van der Waals surface area contributed by atoms with E-state index in [1.165, 1.54) is 5.56 Å². The second kappa shape index (κ2) is 6.93. The van der Waals surface area contributed by atoms with Crippen molar-refractivity contribution in [1.82, 2.24) is 0 Å². The van der Waals surface area contributed by atoms with E-state index in [1.807, 2.05) is 32.0 Å². The van der Waals surface area contributed by atoms with Crippen molar-refractivity contribution in [3.8, 4) is 11.5 Å². The van der Waals surface area contributed by atoms with Gasteiger partial charge in [-0.05, 0) is 61.6 Å². The Bertz CT molecular complexity index is 592. The minimum absolute atomic E-state index is 0.0618. The van der Waals surface area contributed by atoms with Crippen LogP contribution < -0.4 is 4.74 Å². The van der Waals surface area contributed by atoms with E-state index >= 15 is 0 Å². The van der Waals surface area contributed by atoms with E-state index in [-0.39, 0.29) is 5.75 Å². The molecule has 0 heterocycles. The van der Waals surface area contributed by atoms with Crippen molar-refractivity contribution in [1.29, 1.82) is 0 Å². The Morgan fingerprint density at radius 1 is 1.10 bits per heavy atom. The summed E-state index contributed by atoms with van der Waals surface area (Å²) in [7, 11) is 0. The van der Waals surface area contributed by atoms with Gasteiger partial charge in [0, 0.05) is 0 Å². The normalized spacial score (nSPS) is 10.4. The summed E-state index contributed by atoms with van der Waals surface area (Å²) in [5, 5.41) is 9.82. The molecule has 110 valence electrons.